The van der Waals surface area contributed by atoms with Gasteiger partial charge in [0.05, 0.1) is 5.56 Å². The SMILES string of the molecule is CN(C)Cc1cc(CNC(=O)c2ccc(C(F)(F)F)cc2)ccc1F. The van der Waals surface area contributed by atoms with Crippen molar-refractivity contribution >= 4 is 5.91 Å². The molecule has 7 heteroatoms. The Hall–Kier alpha value is -2.41. The first-order chi connectivity index (χ1) is 11.7. The monoisotopic (exact) mass is 354 g/mol. The van der Waals surface area contributed by atoms with Gasteiger partial charge in [-0.15, -0.1) is 0 Å². The minimum absolute atomic E-state index is 0.128. The molecular weight excluding hydrogens is 336 g/mol. The van der Waals surface area contributed by atoms with E-state index in [9.17, 15) is 22.4 Å². The number of hydrogen-bond donors (Lipinski definition) is 1. The topological polar surface area (TPSA) is 32.3 Å². The number of nitrogens with zero attached hydrogens (tertiary/aromatic N) is 1. The van der Waals surface area contributed by atoms with Crippen molar-refractivity contribution in [3.05, 3.63) is 70.5 Å². The second kappa shape index (κ2) is 7.65. The minimum Gasteiger partial charge on any atom is -0.348 e. The molecule has 0 spiro atoms. The van der Waals surface area contributed by atoms with E-state index in [0.717, 1.165) is 24.3 Å². The summed E-state index contributed by atoms with van der Waals surface area (Å²) >= 11 is 0. The molecule has 0 aliphatic heterocycles. The number of rotatable bonds is 5. The van der Waals surface area contributed by atoms with Crippen LogP contribution in [0.3, 0.4) is 0 Å². The van der Waals surface area contributed by atoms with Crippen LogP contribution in [0.5, 0.6) is 0 Å². The molecule has 1 amide bonds. The smallest absolute Gasteiger partial charge is 0.348 e. The molecule has 0 saturated carbocycles. The Balaban J connectivity index is 2.02. The molecular formula is C18H18F4N2O. The van der Waals surface area contributed by atoms with Crippen LogP contribution >= 0.6 is 0 Å². The lowest BCUT2D eigenvalue weighted by Crippen LogP contribution is -2.23. The number of amides is 1. The molecule has 0 fully saturated rings. The van der Waals surface area contributed by atoms with Gasteiger partial charge in [-0.2, -0.15) is 13.2 Å². The molecule has 134 valence electrons. The van der Waals surface area contributed by atoms with E-state index in [2.05, 4.69) is 5.32 Å². The van der Waals surface area contributed by atoms with E-state index in [1.165, 1.54) is 6.07 Å². The highest BCUT2D eigenvalue weighted by Gasteiger charge is 2.30. The largest absolute Gasteiger partial charge is 0.416 e. The number of halogens is 4. The third-order valence-electron chi connectivity index (χ3n) is 3.52. The quantitative estimate of drug-likeness (QED) is 0.828. The Bertz CT molecular complexity index is 740. The first-order valence-corrected chi connectivity index (χ1v) is 7.54. The zero-order valence-electron chi connectivity index (χ0n) is 13.8. The summed E-state index contributed by atoms with van der Waals surface area (Å²) in [5.41, 5.74) is 0.532. The summed E-state index contributed by atoms with van der Waals surface area (Å²) in [5.74, 6) is -0.821. The van der Waals surface area contributed by atoms with E-state index in [4.69, 9.17) is 0 Å². The molecule has 25 heavy (non-hydrogen) atoms. The molecule has 0 bridgehead atoms. The fourth-order valence-electron chi connectivity index (χ4n) is 2.29. The van der Waals surface area contributed by atoms with Gasteiger partial charge in [-0.25, -0.2) is 4.39 Å². The molecule has 2 aromatic carbocycles. The van der Waals surface area contributed by atoms with E-state index in [1.54, 1.807) is 12.1 Å². The Morgan fingerprint density at radius 2 is 1.72 bits per heavy atom. The molecule has 3 nitrogen and oxygen atoms in total. The number of hydrogen-bond acceptors (Lipinski definition) is 2. The average Bonchev–Trinajstić information content (AvgIpc) is 2.54. The van der Waals surface area contributed by atoms with Gasteiger partial charge in [0, 0.05) is 24.2 Å². The summed E-state index contributed by atoms with van der Waals surface area (Å²) < 4.78 is 51.3. The maximum absolute atomic E-state index is 13.7. The van der Waals surface area contributed by atoms with Crippen molar-refractivity contribution in [1.29, 1.82) is 0 Å². The fraction of sp³-hybridized carbons (Fsp3) is 0.278. The van der Waals surface area contributed by atoms with Crippen LogP contribution in [0.2, 0.25) is 0 Å². The van der Waals surface area contributed by atoms with E-state index >= 15 is 0 Å². The number of benzene rings is 2. The number of nitrogens with one attached hydrogen (secondary N) is 1. The van der Waals surface area contributed by atoms with Crippen molar-refractivity contribution in [1.82, 2.24) is 10.2 Å². The Labute approximate surface area is 143 Å². The summed E-state index contributed by atoms with van der Waals surface area (Å²) in [4.78, 5) is 13.9. The zero-order valence-corrected chi connectivity index (χ0v) is 13.8. The van der Waals surface area contributed by atoms with Crippen LogP contribution in [0.25, 0.3) is 0 Å². The number of carbonyl (C=O) groups excluding carboxylic acids is 1. The third kappa shape index (κ3) is 5.29. The fourth-order valence-corrected chi connectivity index (χ4v) is 2.29. The Morgan fingerprint density at radius 3 is 2.28 bits per heavy atom. The van der Waals surface area contributed by atoms with E-state index < -0.39 is 17.6 Å². The maximum Gasteiger partial charge on any atom is 0.416 e. The van der Waals surface area contributed by atoms with Crippen LogP contribution in [0.4, 0.5) is 17.6 Å². The van der Waals surface area contributed by atoms with Gasteiger partial charge in [0.2, 0.25) is 0 Å². The molecule has 1 N–H and O–H groups in total. The van der Waals surface area contributed by atoms with Gasteiger partial charge in [0.15, 0.2) is 0 Å². The third-order valence-corrected chi connectivity index (χ3v) is 3.52. The molecule has 0 atom stereocenters. The Kier molecular flexibility index (Phi) is 5.79. The summed E-state index contributed by atoms with van der Waals surface area (Å²) in [6, 6.07) is 8.52. The van der Waals surface area contributed by atoms with Gasteiger partial charge in [-0.05, 0) is 56.1 Å². The summed E-state index contributed by atoms with van der Waals surface area (Å²) in [5, 5.41) is 2.62. The van der Waals surface area contributed by atoms with Gasteiger partial charge >= 0.3 is 6.18 Å². The summed E-state index contributed by atoms with van der Waals surface area (Å²) in [6.07, 6.45) is -4.44. The maximum atomic E-state index is 13.7. The predicted octanol–water partition coefficient (Wildman–Crippen LogP) is 3.84. The van der Waals surface area contributed by atoms with Crippen molar-refractivity contribution < 1.29 is 22.4 Å². The van der Waals surface area contributed by atoms with Crippen molar-refractivity contribution in [3.8, 4) is 0 Å². The second-order valence-corrected chi connectivity index (χ2v) is 5.92. The number of alkyl halides is 3. The van der Waals surface area contributed by atoms with Crippen LogP contribution in [0.1, 0.15) is 27.0 Å². The minimum atomic E-state index is -4.44. The lowest BCUT2D eigenvalue weighted by molar-refractivity contribution is -0.137. The van der Waals surface area contributed by atoms with E-state index in [0.29, 0.717) is 17.7 Å². The van der Waals surface area contributed by atoms with Gasteiger partial charge in [0.25, 0.3) is 5.91 Å². The standard InChI is InChI=1S/C18H18F4N2O/c1-24(2)11-14-9-12(3-8-16(14)19)10-23-17(25)13-4-6-15(7-5-13)18(20,21)22/h3-9H,10-11H2,1-2H3,(H,23,25). The summed E-state index contributed by atoms with van der Waals surface area (Å²) in [7, 11) is 3.64. The Morgan fingerprint density at radius 1 is 1.08 bits per heavy atom. The lowest BCUT2D eigenvalue weighted by Gasteiger charge is -2.12. The highest BCUT2D eigenvalue weighted by Crippen LogP contribution is 2.29. The van der Waals surface area contributed by atoms with Crippen LogP contribution in [-0.4, -0.2) is 24.9 Å². The van der Waals surface area contributed by atoms with Crippen molar-refractivity contribution in [2.24, 2.45) is 0 Å². The molecule has 0 radical (unpaired) electrons. The van der Waals surface area contributed by atoms with Gasteiger partial charge in [0.1, 0.15) is 5.82 Å². The highest BCUT2D eigenvalue weighted by molar-refractivity contribution is 5.94. The molecule has 0 aliphatic rings. The predicted molar refractivity (Wildman–Crippen MR) is 86.4 cm³/mol. The second-order valence-electron chi connectivity index (χ2n) is 5.92. The normalized spacial score (nSPS) is 11.6. The van der Waals surface area contributed by atoms with Crippen molar-refractivity contribution in [3.63, 3.8) is 0 Å². The van der Waals surface area contributed by atoms with Crippen LogP contribution in [0, 0.1) is 5.82 Å². The summed E-state index contributed by atoms with van der Waals surface area (Å²) in [6.45, 7) is 0.576. The van der Waals surface area contributed by atoms with Gasteiger partial charge < -0.3 is 10.2 Å². The van der Waals surface area contributed by atoms with Crippen LogP contribution < -0.4 is 5.32 Å². The zero-order chi connectivity index (χ0) is 18.6. The highest BCUT2D eigenvalue weighted by atomic mass is 19.4. The molecule has 2 aromatic rings. The lowest BCUT2D eigenvalue weighted by atomic mass is 10.1. The van der Waals surface area contributed by atoms with Gasteiger partial charge in [-0.1, -0.05) is 6.07 Å². The van der Waals surface area contributed by atoms with Crippen molar-refractivity contribution in [2.45, 2.75) is 19.3 Å². The number of carbonyl (C=O) groups is 1. The van der Waals surface area contributed by atoms with Crippen LogP contribution in [0.15, 0.2) is 42.5 Å². The van der Waals surface area contributed by atoms with Gasteiger partial charge in [-0.3, -0.25) is 4.79 Å². The molecule has 0 heterocycles. The van der Waals surface area contributed by atoms with Crippen molar-refractivity contribution in [2.75, 3.05) is 14.1 Å². The van der Waals surface area contributed by atoms with Crippen LogP contribution in [-0.2, 0) is 19.3 Å². The first kappa shape index (κ1) is 18.9. The molecule has 0 unspecified atom stereocenters. The first-order valence-electron chi connectivity index (χ1n) is 7.54. The molecule has 0 aromatic heterocycles. The van der Waals surface area contributed by atoms with E-state index in [-0.39, 0.29) is 17.9 Å². The average molecular weight is 354 g/mol. The van der Waals surface area contributed by atoms with E-state index in [1.807, 2.05) is 19.0 Å². The molecule has 0 saturated heterocycles. The molecule has 2 rings (SSSR count). The molecule has 0 aliphatic carbocycles.